The first kappa shape index (κ1) is 21.2. The van der Waals surface area contributed by atoms with E-state index >= 15 is 0 Å². The molecule has 1 aromatic heterocycles. The lowest BCUT2D eigenvalue weighted by Crippen LogP contribution is -2.12. The van der Waals surface area contributed by atoms with Crippen LogP contribution in [0.3, 0.4) is 0 Å². The Bertz CT molecular complexity index is 963. The molecule has 1 heterocycles. The fourth-order valence-corrected chi connectivity index (χ4v) is 4.43. The number of ether oxygens (including phenoxy) is 1. The standard InChI is InChI=1S/C19H17Cl3FN3OS/c1-3-26-18(11(2)27-17-8-7-12(20)9-15(17)22)24-25-19(26)28-10-13-14(21)5-4-6-16(13)23/h4-9,11H,3,10H2,1-2H3. The second kappa shape index (κ2) is 9.35. The highest BCUT2D eigenvalue weighted by atomic mass is 35.5. The molecule has 0 N–H and O–H groups in total. The van der Waals surface area contributed by atoms with Gasteiger partial charge in [0.15, 0.2) is 17.1 Å². The molecule has 0 amide bonds. The maximum atomic E-state index is 14.0. The van der Waals surface area contributed by atoms with E-state index in [4.69, 9.17) is 39.5 Å². The summed E-state index contributed by atoms with van der Waals surface area (Å²) in [4.78, 5) is 0. The molecule has 28 heavy (non-hydrogen) atoms. The molecule has 4 nitrogen and oxygen atoms in total. The van der Waals surface area contributed by atoms with Crippen molar-refractivity contribution in [3.63, 3.8) is 0 Å². The molecule has 0 radical (unpaired) electrons. The quantitative estimate of drug-likeness (QED) is 0.362. The maximum Gasteiger partial charge on any atom is 0.191 e. The van der Waals surface area contributed by atoms with Crippen LogP contribution in [0.1, 0.15) is 31.3 Å². The van der Waals surface area contributed by atoms with Crippen LogP contribution in [-0.2, 0) is 12.3 Å². The van der Waals surface area contributed by atoms with Crippen LogP contribution in [-0.4, -0.2) is 14.8 Å². The zero-order chi connectivity index (χ0) is 20.3. The van der Waals surface area contributed by atoms with Crippen molar-refractivity contribution in [1.82, 2.24) is 14.8 Å². The van der Waals surface area contributed by atoms with Crippen LogP contribution >= 0.6 is 46.6 Å². The average Bonchev–Trinajstić information content (AvgIpc) is 3.06. The summed E-state index contributed by atoms with van der Waals surface area (Å²) in [6, 6.07) is 9.68. The van der Waals surface area contributed by atoms with Crippen molar-refractivity contribution >= 4 is 46.6 Å². The van der Waals surface area contributed by atoms with Gasteiger partial charge in [0, 0.05) is 27.9 Å². The predicted octanol–water partition coefficient (Wildman–Crippen LogP) is 6.83. The molecule has 0 saturated heterocycles. The van der Waals surface area contributed by atoms with Gasteiger partial charge in [-0.1, -0.05) is 52.6 Å². The third kappa shape index (κ3) is 4.74. The van der Waals surface area contributed by atoms with E-state index < -0.39 is 6.10 Å². The van der Waals surface area contributed by atoms with Crippen LogP contribution in [0.15, 0.2) is 41.6 Å². The van der Waals surface area contributed by atoms with Crippen molar-refractivity contribution in [2.45, 2.75) is 37.4 Å². The maximum absolute atomic E-state index is 14.0. The van der Waals surface area contributed by atoms with Crippen molar-refractivity contribution in [2.75, 3.05) is 0 Å². The summed E-state index contributed by atoms with van der Waals surface area (Å²) >= 11 is 19.6. The lowest BCUT2D eigenvalue weighted by molar-refractivity contribution is 0.210. The van der Waals surface area contributed by atoms with E-state index in [1.54, 1.807) is 30.3 Å². The minimum Gasteiger partial charge on any atom is -0.481 e. The van der Waals surface area contributed by atoms with E-state index in [2.05, 4.69) is 10.2 Å². The highest BCUT2D eigenvalue weighted by Gasteiger charge is 2.20. The first-order valence-corrected chi connectivity index (χ1v) is 10.6. The van der Waals surface area contributed by atoms with Gasteiger partial charge in [-0.25, -0.2) is 4.39 Å². The summed E-state index contributed by atoms with van der Waals surface area (Å²) in [5.41, 5.74) is 0.443. The lowest BCUT2D eigenvalue weighted by atomic mass is 10.2. The Morgan fingerprint density at radius 3 is 2.61 bits per heavy atom. The molecule has 9 heteroatoms. The van der Waals surface area contributed by atoms with Crippen LogP contribution in [0.25, 0.3) is 0 Å². The Hall–Kier alpha value is -1.47. The van der Waals surface area contributed by atoms with Gasteiger partial charge in [0.2, 0.25) is 0 Å². The van der Waals surface area contributed by atoms with Crippen LogP contribution in [0, 0.1) is 5.82 Å². The van der Waals surface area contributed by atoms with Crippen molar-refractivity contribution in [3.8, 4) is 5.75 Å². The van der Waals surface area contributed by atoms with E-state index in [-0.39, 0.29) is 5.82 Å². The largest absolute Gasteiger partial charge is 0.481 e. The Balaban J connectivity index is 1.77. The van der Waals surface area contributed by atoms with Gasteiger partial charge in [-0.15, -0.1) is 10.2 Å². The molecule has 0 aliphatic rings. The second-order valence-corrected chi connectivity index (χ2v) is 8.10. The number of benzene rings is 2. The molecule has 1 unspecified atom stereocenters. The molecule has 2 aromatic carbocycles. The van der Waals surface area contributed by atoms with Gasteiger partial charge >= 0.3 is 0 Å². The Labute approximate surface area is 182 Å². The minimum atomic E-state index is -0.391. The molecule has 1 atom stereocenters. The van der Waals surface area contributed by atoms with Crippen LogP contribution < -0.4 is 4.74 Å². The molecule has 0 bridgehead atoms. The molecule has 0 spiro atoms. The highest BCUT2D eigenvalue weighted by Crippen LogP contribution is 2.33. The summed E-state index contributed by atoms with van der Waals surface area (Å²) in [6.07, 6.45) is -0.391. The number of hydrogen-bond acceptors (Lipinski definition) is 4. The summed E-state index contributed by atoms with van der Waals surface area (Å²) in [5, 5.41) is 10.5. The number of rotatable bonds is 7. The normalized spacial score (nSPS) is 12.2. The van der Waals surface area contributed by atoms with E-state index in [0.29, 0.717) is 49.7 Å². The zero-order valence-electron chi connectivity index (χ0n) is 15.1. The van der Waals surface area contributed by atoms with Gasteiger partial charge in [-0.2, -0.15) is 0 Å². The fourth-order valence-electron chi connectivity index (χ4n) is 2.63. The van der Waals surface area contributed by atoms with Gasteiger partial charge < -0.3 is 9.30 Å². The Morgan fingerprint density at radius 1 is 1.14 bits per heavy atom. The number of hydrogen-bond donors (Lipinski definition) is 0. The third-order valence-electron chi connectivity index (χ3n) is 4.03. The minimum absolute atomic E-state index is 0.336. The Kier molecular flexibility index (Phi) is 7.10. The molecule has 3 rings (SSSR count). The topological polar surface area (TPSA) is 39.9 Å². The van der Waals surface area contributed by atoms with Gasteiger partial charge in [-0.3, -0.25) is 0 Å². The van der Waals surface area contributed by atoms with Crippen LogP contribution in [0.2, 0.25) is 15.1 Å². The van der Waals surface area contributed by atoms with E-state index in [9.17, 15) is 4.39 Å². The van der Waals surface area contributed by atoms with Gasteiger partial charge in [0.05, 0.1) is 5.02 Å². The summed E-state index contributed by atoms with van der Waals surface area (Å²) < 4.78 is 21.9. The highest BCUT2D eigenvalue weighted by molar-refractivity contribution is 7.98. The summed E-state index contributed by atoms with van der Waals surface area (Å²) in [6.45, 7) is 4.48. The van der Waals surface area contributed by atoms with Gasteiger partial charge in [0.25, 0.3) is 0 Å². The first-order chi connectivity index (χ1) is 13.4. The van der Waals surface area contributed by atoms with Crippen LogP contribution in [0.4, 0.5) is 4.39 Å². The molecule has 0 aliphatic heterocycles. The number of aromatic nitrogens is 3. The monoisotopic (exact) mass is 459 g/mol. The van der Waals surface area contributed by atoms with E-state index in [0.717, 1.165) is 0 Å². The smallest absolute Gasteiger partial charge is 0.191 e. The third-order valence-corrected chi connectivity index (χ3v) is 5.91. The zero-order valence-corrected chi connectivity index (χ0v) is 18.2. The summed E-state index contributed by atoms with van der Waals surface area (Å²) in [7, 11) is 0. The SMILES string of the molecule is CCn1c(SCc2c(F)cccc2Cl)nnc1C(C)Oc1ccc(Cl)cc1Cl. The summed E-state index contributed by atoms with van der Waals surface area (Å²) in [5.74, 6) is 1.17. The fraction of sp³-hybridized carbons (Fsp3) is 0.263. The molecule has 3 aromatic rings. The molecule has 0 saturated carbocycles. The number of thioether (sulfide) groups is 1. The van der Waals surface area contributed by atoms with Crippen molar-refractivity contribution < 1.29 is 9.13 Å². The number of halogens is 4. The second-order valence-electron chi connectivity index (χ2n) is 5.91. The Morgan fingerprint density at radius 2 is 1.93 bits per heavy atom. The molecular formula is C19H17Cl3FN3OS. The van der Waals surface area contributed by atoms with Crippen molar-refractivity contribution in [2.24, 2.45) is 0 Å². The lowest BCUT2D eigenvalue weighted by Gasteiger charge is -2.16. The average molecular weight is 461 g/mol. The number of nitrogens with zero attached hydrogens (tertiary/aromatic N) is 3. The van der Waals surface area contributed by atoms with Gasteiger partial charge in [-0.05, 0) is 44.2 Å². The molecule has 148 valence electrons. The van der Waals surface area contributed by atoms with E-state index in [1.807, 2.05) is 18.4 Å². The van der Waals surface area contributed by atoms with Crippen molar-refractivity contribution in [3.05, 3.63) is 68.7 Å². The van der Waals surface area contributed by atoms with Crippen LogP contribution in [0.5, 0.6) is 5.75 Å². The first-order valence-electron chi connectivity index (χ1n) is 8.51. The molecule has 0 aliphatic carbocycles. The van der Waals surface area contributed by atoms with E-state index in [1.165, 1.54) is 17.8 Å². The van der Waals surface area contributed by atoms with Gasteiger partial charge in [0.1, 0.15) is 11.6 Å². The van der Waals surface area contributed by atoms with Crippen molar-refractivity contribution in [1.29, 1.82) is 0 Å². The predicted molar refractivity (Wildman–Crippen MR) is 112 cm³/mol. The molecular weight excluding hydrogens is 444 g/mol. The molecule has 0 fully saturated rings.